The molecule has 2 heteroatoms. The summed E-state index contributed by atoms with van der Waals surface area (Å²) >= 11 is 0. The molecule has 0 heterocycles. The normalized spacial score (nSPS) is 52.7. The molecular formula is C13H18O2. The second-order valence-corrected chi connectivity index (χ2v) is 5.40. The van der Waals surface area contributed by atoms with Crippen LogP contribution in [0.15, 0.2) is 24.3 Å². The first-order chi connectivity index (χ1) is 7.12. The largest absolute Gasteiger partial charge is 0.389 e. The van der Waals surface area contributed by atoms with E-state index in [0.717, 1.165) is 25.7 Å². The Morgan fingerprint density at radius 2 is 1.07 bits per heavy atom. The van der Waals surface area contributed by atoms with Crippen LogP contribution in [0.25, 0.3) is 0 Å². The molecule has 1 unspecified atom stereocenters. The van der Waals surface area contributed by atoms with Gasteiger partial charge in [0.15, 0.2) is 0 Å². The van der Waals surface area contributed by atoms with Gasteiger partial charge in [-0.15, -0.1) is 0 Å². The van der Waals surface area contributed by atoms with Gasteiger partial charge >= 0.3 is 0 Å². The predicted octanol–water partition coefficient (Wildman–Crippen LogP) is 1.93. The minimum absolute atomic E-state index is 0.302. The van der Waals surface area contributed by atoms with Crippen LogP contribution in [0.3, 0.4) is 0 Å². The maximum absolute atomic E-state index is 10.7. The van der Waals surface area contributed by atoms with E-state index in [2.05, 4.69) is 24.3 Å². The molecule has 0 aromatic rings. The van der Waals surface area contributed by atoms with Crippen molar-refractivity contribution in [2.45, 2.75) is 49.7 Å². The van der Waals surface area contributed by atoms with E-state index in [1.165, 1.54) is 0 Å². The maximum Gasteiger partial charge on any atom is 0.0772 e. The summed E-state index contributed by atoms with van der Waals surface area (Å²) in [5, 5.41) is 21.4. The lowest BCUT2D eigenvalue weighted by Gasteiger charge is -2.52. The highest BCUT2D eigenvalue weighted by Crippen LogP contribution is 2.63. The van der Waals surface area contributed by atoms with Gasteiger partial charge in [0.05, 0.1) is 11.2 Å². The summed E-state index contributed by atoms with van der Waals surface area (Å²) in [4.78, 5) is 0. The Balaban J connectivity index is 2.13. The van der Waals surface area contributed by atoms with Crippen molar-refractivity contribution >= 4 is 0 Å². The first-order valence-corrected chi connectivity index (χ1v) is 5.87. The molecule has 1 fully saturated rings. The molecule has 3 atom stereocenters. The molecule has 3 rings (SSSR count). The third kappa shape index (κ3) is 0.969. The fourth-order valence-electron chi connectivity index (χ4n) is 3.89. The van der Waals surface area contributed by atoms with Gasteiger partial charge in [-0.3, -0.25) is 0 Å². The van der Waals surface area contributed by atoms with Gasteiger partial charge in [-0.1, -0.05) is 24.3 Å². The lowest BCUT2D eigenvalue weighted by atomic mass is 9.57. The van der Waals surface area contributed by atoms with Crippen LogP contribution in [-0.2, 0) is 0 Å². The summed E-state index contributed by atoms with van der Waals surface area (Å²) in [6.45, 7) is 0. The van der Waals surface area contributed by atoms with E-state index in [1.54, 1.807) is 0 Å². The van der Waals surface area contributed by atoms with Crippen LogP contribution in [0.2, 0.25) is 0 Å². The molecular weight excluding hydrogens is 188 g/mol. The minimum atomic E-state index is -0.665. The van der Waals surface area contributed by atoms with Gasteiger partial charge in [0.1, 0.15) is 0 Å². The monoisotopic (exact) mass is 206 g/mol. The van der Waals surface area contributed by atoms with Gasteiger partial charge < -0.3 is 10.2 Å². The molecule has 0 saturated heterocycles. The van der Waals surface area contributed by atoms with E-state index in [0.29, 0.717) is 12.8 Å². The highest BCUT2D eigenvalue weighted by molar-refractivity contribution is 5.27. The zero-order chi connectivity index (χ0) is 10.6. The Morgan fingerprint density at radius 3 is 1.53 bits per heavy atom. The fraction of sp³-hybridized carbons (Fsp3) is 0.692. The molecule has 0 radical (unpaired) electrons. The Labute approximate surface area is 90.3 Å². The third-order valence-electron chi connectivity index (χ3n) is 4.91. The van der Waals surface area contributed by atoms with E-state index in [4.69, 9.17) is 0 Å². The molecule has 3 aliphatic rings. The Bertz CT molecular complexity index is 310. The molecule has 1 saturated carbocycles. The van der Waals surface area contributed by atoms with Crippen molar-refractivity contribution < 1.29 is 10.2 Å². The molecule has 1 spiro atoms. The van der Waals surface area contributed by atoms with Gasteiger partial charge in [-0.25, -0.2) is 0 Å². The second-order valence-electron chi connectivity index (χ2n) is 5.40. The number of rotatable bonds is 0. The predicted molar refractivity (Wildman–Crippen MR) is 58.3 cm³/mol. The fourth-order valence-corrected chi connectivity index (χ4v) is 3.89. The average molecular weight is 206 g/mol. The highest BCUT2D eigenvalue weighted by atomic mass is 16.3. The molecule has 2 N–H and O–H groups in total. The van der Waals surface area contributed by atoms with E-state index < -0.39 is 11.2 Å². The van der Waals surface area contributed by atoms with Crippen molar-refractivity contribution in [3.05, 3.63) is 24.3 Å². The molecule has 2 nitrogen and oxygen atoms in total. The summed E-state index contributed by atoms with van der Waals surface area (Å²) in [5.74, 6) is 0. The maximum atomic E-state index is 10.7. The molecule has 15 heavy (non-hydrogen) atoms. The molecule has 0 aromatic carbocycles. The first kappa shape index (κ1) is 9.61. The van der Waals surface area contributed by atoms with Crippen LogP contribution in [0.4, 0.5) is 0 Å². The quantitative estimate of drug-likeness (QED) is 0.594. The van der Waals surface area contributed by atoms with Crippen molar-refractivity contribution in [2.24, 2.45) is 5.41 Å². The lowest BCUT2D eigenvalue weighted by Crippen LogP contribution is -2.57. The molecule has 0 aromatic heterocycles. The lowest BCUT2D eigenvalue weighted by molar-refractivity contribution is -0.153. The van der Waals surface area contributed by atoms with Crippen molar-refractivity contribution in [3.63, 3.8) is 0 Å². The molecule has 3 aliphatic carbocycles. The standard InChI is InChI=1S/C13H18O2/c14-12-7-3-1-5-11(12)6-2-4-8-13(11,15)10-9-12/h1-4,14-15H,5-10H2/t11?,12-,13+. The summed E-state index contributed by atoms with van der Waals surface area (Å²) in [5.41, 5.74) is -1.63. The van der Waals surface area contributed by atoms with E-state index in [9.17, 15) is 10.2 Å². The summed E-state index contributed by atoms with van der Waals surface area (Å²) in [6, 6.07) is 0. The van der Waals surface area contributed by atoms with Crippen LogP contribution in [0, 0.1) is 5.41 Å². The van der Waals surface area contributed by atoms with Gasteiger partial charge in [-0.05, 0) is 38.5 Å². The van der Waals surface area contributed by atoms with Crippen molar-refractivity contribution in [1.29, 1.82) is 0 Å². The summed E-state index contributed by atoms with van der Waals surface area (Å²) in [6.07, 6.45) is 12.9. The number of hydrogen-bond acceptors (Lipinski definition) is 2. The molecule has 0 bridgehead atoms. The molecule has 0 amide bonds. The molecule has 0 aliphatic heterocycles. The van der Waals surface area contributed by atoms with Crippen molar-refractivity contribution in [2.75, 3.05) is 0 Å². The topological polar surface area (TPSA) is 40.5 Å². The van der Waals surface area contributed by atoms with Crippen LogP contribution in [0.1, 0.15) is 38.5 Å². The minimum Gasteiger partial charge on any atom is -0.389 e. The highest BCUT2D eigenvalue weighted by Gasteiger charge is 2.66. The van der Waals surface area contributed by atoms with Crippen molar-refractivity contribution in [1.82, 2.24) is 0 Å². The van der Waals surface area contributed by atoms with Gasteiger partial charge in [-0.2, -0.15) is 0 Å². The van der Waals surface area contributed by atoms with E-state index >= 15 is 0 Å². The van der Waals surface area contributed by atoms with Crippen molar-refractivity contribution in [3.8, 4) is 0 Å². The SMILES string of the molecule is O[C@@]12CC=CCC13CC=CC[C@]3(O)CC2. The average Bonchev–Trinajstić information content (AvgIpc) is 2.48. The van der Waals surface area contributed by atoms with Gasteiger partial charge in [0.25, 0.3) is 0 Å². The Hall–Kier alpha value is -0.600. The zero-order valence-electron chi connectivity index (χ0n) is 8.95. The van der Waals surface area contributed by atoms with E-state index in [-0.39, 0.29) is 5.41 Å². The summed E-state index contributed by atoms with van der Waals surface area (Å²) in [7, 11) is 0. The Kier molecular flexibility index (Phi) is 1.76. The summed E-state index contributed by atoms with van der Waals surface area (Å²) < 4.78 is 0. The smallest absolute Gasteiger partial charge is 0.0772 e. The van der Waals surface area contributed by atoms with Gasteiger partial charge in [0, 0.05) is 5.41 Å². The van der Waals surface area contributed by atoms with Crippen LogP contribution in [-0.4, -0.2) is 21.4 Å². The molecule has 82 valence electrons. The number of allylic oxidation sites excluding steroid dienone is 2. The zero-order valence-corrected chi connectivity index (χ0v) is 8.95. The van der Waals surface area contributed by atoms with Crippen LogP contribution >= 0.6 is 0 Å². The Morgan fingerprint density at radius 1 is 0.667 bits per heavy atom. The number of aliphatic hydroxyl groups is 2. The first-order valence-electron chi connectivity index (χ1n) is 5.87. The third-order valence-corrected chi connectivity index (χ3v) is 4.91. The number of hydrogen-bond donors (Lipinski definition) is 2. The van der Waals surface area contributed by atoms with E-state index in [1.807, 2.05) is 0 Å². The van der Waals surface area contributed by atoms with Gasteiger partial charge in [0.2, 0.25) is 0 Å². The van der Waals surface area contributed by atoms with Crippen LogP contribution in [0.5, 0.6) is 0 Å². The van der Waals surface area contributed by atoms with Crippen LogP contribution < -0.4 is 0 Å². The second kappa shape index (κ2) is 2.74.